The molecule has 0 spiro atoms. The summed E-state index contributed by atoms with van der Waals surface area (Å²) in [5.41, 5.74) is 7.74. The van der Waals surface area contributed by atoms with Crippen LogP contribution in [-0.2, 0) is 0 Å². The fraction of sp³-hybridized carbons (Fsp3) is 0.222. The number of aromatic nitrogens is 1. The molecule has 0 radical (unpaired) electrons. The molecule has 0 aliphatic heterocycles. The van der Waals surface area contributed by atoms with Gasteiger partial charge in [0.1, 0.15) is 12.3 Å². The van der Waals surface area contributed by atoms with E-state index in [-0.39, 0.29) is 6.61 Å². The average molecular weight is 162 g/mol. The van der Waals surface area contributed by atoms with Gasteiger partial charge in [-0.2, -0.15) is 0 Å². The highest BCUT2D eigenvalue weighted by Gasteiger charge is 1.98. The van der Waals surface area contributed by atoms with Crippen molar-refractivity contribution in [2.45, 2.75) is 6.92 Å². The molecule has 0 aliphatic carbocycles. The fourth-order valence-corrected chi connectivity index (χ4v) is 0.793. The number of aryl methyl sites for hydroxylation is 1. The minimum atomic E-state index is -0.172. The first-order valence-electron chi connectivity index (χ1n) is 3.56. The summed E-state index contributed by atoms with van der Waals surface area (Å²) in [7, 11) is 0. The monoisotopic (exact) mass is 162 g/mol. The molecule has 0 fully saturated rings. The predicted molar refractivity (Wildman–Crippen MR) is 47.4 cm³/mol. The third-order valence-electron chi connectivity index (χ3n) is 1.49. The second kappa shape index (κ2) is 3.74. The van der Waals surface area contributed by atoms with Gasteiger partial charge in [-0.3, -0.25) is 0 Å². The first-order valence-corrected chi connectivity index (χ1v) is 3.56. The summed E-state index contributed by atoms with van der Waals surface area (Å²) in [4.78, 5) is 3.97. The Hall–Kier alpha value is -1.53. The van der Waals surface area contributed by atoms with Crippen molar-refractivity contribution in [1.82, 2.24) is 4.98 Å². The maximum atomic E-state index is 8.45. The molecule has 0 bridgehead atoms. The van der Waals surface area contributed by atoms with E-state index in [9.17, 15) is 0 Å². The molecule has 0 aliphatic rings. The highest BCUT2D eigenvalue weighted by molar-refractivity contribution is 5.56. The van der Waals surface area contributed by atoms with Gasteiger partial charge in [-0.15, -0.1) is 0 Å². The Morgan fingerprint density at radius 2 is 2.42 bits per heavy atom. The lowest BCUT2D eigenvalue weighted by Crippen LogP contribution is -1.96. The van der Waals surface area contributed by atoms with E-state index in [2.05, 4.69) is 16.8 Å². The molecule has 1 aromatic heterocycles. The molecule has 3 N–H and O–H groups in total. The van der Waals surface area contributed by atoms with Crippen LogP contribution in [0.4, 0.5) is 5.69 Å². The topological polar surface area (TPSA) is 59.1 Å². The van der Waals surface area contributed by atoms with Gasteiger partial charge in [-0.05, 0) is 24.5 Å². The zero-order chi connectivity index (χ0) is 8.97. The Kier molecular flexibility index (Phi) is 2.67. The number of anilines is 1. The zero-order valence-electron chi connectivity index (χ0n) is 6.83. The molecule has 12 heavy (non-hydrogen) atoms. The highest BCUT2D eigenvalue weighted by Crippen LogP contribution is 2.11. The largest absolute Gasteiger partial charge is 0.396 e. The molecule has 3 heteroatoms. The van der Waals surface area contributed by atoms with Crippen molar-refractivity contribution in [2.24, 2.45) is 0 Å². The van der Waals surface area contributed by atoms with Crippen LogP contribution in [0.3, 0.4) is 0 Å². The van der Waals surface area contributed by atoms with Gasteiger partial charge < -0.3 is 10.8 Å². The summed E-state index contributed by atoms with van der Waals surface area (Å²) in [6.45, 7) is 1.72. The quantitative estimate of drug-likeness (QED) is 0.540. The van der Waals surface area contributed by atoms with Crippen molar-refractivity contribution in [3.63, 3.8) is 0 Å². The second-order valence-corrected chi connectivity index (χ2v) is 2.35. The fourth-order valence-electron chi connectivity index (χ4n) is 0.793. The van der Waals surface area contributed by atoms with E-state index in [1.807, 2.05) is 13.0 Å². The first-order chi connectivity index (χ1) is 5.75. The standard InChI is InChI=1S/C9H10N2O/c1-7-4-5-11-8(9(7)10)3-2-6-12/h4-5,12H,6,10H2,1H3. The van der Waals surface area contributed by atoms with Crippen LogP contribution >= 0.6 is 0 Å². The van der Waals surface area contributed by atoms with E-state index in [0.717, 1.165) is 5.56 Å². The number of hydrogen-bond donors (Lipinski definition) is 2. The molecule has 0 saturated carbocycles. The number of rotatable bonds is 0. The average Bonchev–Trinajstić information content (AvgIpc) is 2.08. The predicted octanol–water partition coefficient (Wildman–Crippen LogP) is 0.316. The molecule has 0 amide bonds. The van der Waals surface area contributed by atoms with Crippen LogP contribution in [0.25, 0.3) is 0 Å². The maximum absolute atomic E-state index is 8.45. The van der Waals surface area contributed by atoms with E-state index in [0.29, 0.717) is 11.4 Å². The number of nitrogens with zero attached hydrogens (tertiary/aromatic N) is 1. The number of aliphatic hydroxyl groups excluding tert-OH is 1. The maximum Gasteiger partial charge on any atom is 0.136 e. The number of aliphatic hydroxyl groups is 1. The summed E-state index contributed by atoms with van der Waals surface area (Å²) in [5, 5.41) is 8.45. The second-order valence-electron chi connectivity index (χ2n) is 2.35. The van der Waals surface area contributed by atoms with Crippen LogP contribution < -0.4 is 5.73 Å². The number of nitrogens with two attached hydrogens (primary N) is 1. The summed E-state index contributed by atoms with van der Waals surface area (Å²) in [6, 6.07) is 1.82. The van der Waals surface area contributed by atoms with Gasteiger partial charge in [0.15, 0.2) is 0 Å². The summed E-state index contributed by atoms with van der Waals surface area (Å²) < 4.78 is 0. The van der Waals surface area contributed by atoms with Crippen LogP contribution in [0.15, 0.2) is 12.3 Å². The highest BCUT2D eigenvalue weighted by atomic mass is 16.2. The molecule has 3 nitrogen and oxygen atoms in total. The molecule has 0 atom stereocenters. The van der Waals surface area contributed by atoms with Gasteiger partial charge >= 0.3 is 0 Å². The lowest BCUT2D eigenvalue weighted by Gasteiger charge is -1.99. The van der Waals surface area contributed by atoms with Gasteiger partial charge in [0, 0.05) is 6.20 Å². The number of nitrogen functional groups attached to an aromatic ring is 1. The number of pyridine rings is 1. The Morgan fingerprint density at radius 1 is 1.67 bits per heavy atom. The molecule has 62 valence electrons. The Bertz CT molecular complexity index is 336. The summed E-state index contributed by atoms with van der Waals surface area (Å²) >= 11 is 0. The van der Waals surface area contributed by atoms with Gasteiger partial charge in [0.2, 0.25) is 0 Å². The molecule has 1 rings (SSSR count). The van der Waals surface area contributed by atoms with Gasteiger partial charge in [-0.1, -0.05) is 5.92 Å². The lowest BCUT2D eigenvalue weighted by molar-refractivity contribution is 0.350. The van der Waals surface area contributed by atoms with E-state index in [1.54, 1.807) is 6.20 Å². The van der Waals surface area contributed by atoms with Gasteiger partial charge in [-0.25, -0.2) is 4.98 Å². The number of hydrogen-bond acceptors (Lipinski definition) is 3. The van der Waals surface area contributed by atoms with Crippen molar-refractivity contribution < 1.29 is 5.11 Å². The lowest BCUT2D eigenvalue weighted by atomic mass is 10.2. The van der Waals surface area contributed by atoms with Gasteiger partial charge in [0.05, 0.1) is 5.69 Å². The minimum Gasteiger partial charge on any atom is -0.396 e. The van der Waals surface area contributed by atoms with Gasteiger partial charge in [0.25, 0.3) is 0 Å². The van der Waals surface area contributed by atoms with Crippen LogP contribution in [0.2, 0.25) is 0 Å². The van der Waals surface area contributed by atoms with Crippen LogP contribution in [-0.4, -0.2) is 16.7 Å². The van der Waals surface area contributed by atoms with E-state index in [4.69, 9.17) is 10.8 Å². The van der Waals surface area contributed by atoms with Crippen molar-refractivity contribution in [2.75, 3.05) is 12.3 Å². The Labute approximate surface area is 71.2 Å². The smallest absolute Gasteiger partial charge is 0.136 e. The minimum absolute atomic E-state index is 0.172. The van der Waals surface area contributed by atoms with E-state index >= 15 is 0 Å². The third-order valence-corrected chi connectivity index (χ3v) is 1.49. The van der Waals surface area contributed by atoms with E-state index < -0.39 is 0 Å². The molecule has 0 saturated heterocycles. The van der Waals surface area contributed by atoms with Crippen LogP contribution in [0, 0.1) is 18.8 Å². The van der Waals surface area contributed by atoms with Crippen LogP contribution in [0.5, 0.6) is 0 Å². The van der Waals surface area contributed by atoms with Crippen molar-refractivity contribution in [1.29, 1.82) is 0 Å². The van der Waals surface area contributed by atoms with Crippen molar-refractivity contribution in [3.05, 3.63) is 23.5 Å². The molecule has 1 aromatic rings. The molecular formula is C9H10N2O. The van der Waals surface area contributed by atoms with E-state index in [1.165, 1.54) is 0 Å². The SMILES string of the molecule is Cc1ccnc(C#CCO)c1N. The summed E-state index contributed by atoms with van der Waals surface area (Å²) in [6.07, 6.45) is 1.65. The zero-order valence-corrected chi connectivity index (χ0v) is 6.83. The normalized spacial score (nSPS) is 8.83. The Morgan fingerprint density at radius 3 is 3.08 bits per heavy atom. The van der Waals surface area contributed by atoms with Crippen molar-refractivity contribution >= 4 is 5.69 Å². The third kappa shape index (κ3) is 1.74. The first kappa shape index (κ1) is 8.57. The molecular weight excluding hydrogens is 152 g/mol. The summed E-state index contributed by atoms with van der Waals surface area (Å²) in [5.74, 6) is 5.16. The molecule has 1 heterocycles. The molecule has 0 aromatic carbocycles. The van der Waals surface area contributed by atoms with Crippen LogP contribution in [0.1, 0.15) is 11.3 Å². The van der Waals surface area contributed by atoms with Crippen molar-refractivity contribution in [3.8, 4) is 11.8 Å². The molecule has 0 unspecified atom stereocenters. The Balaban J connectivity index is 3.08.